The molecule has 0 N–H and O–H groups in total. The summed E-state index contributed by atoms with van der Waals surface area (Å²) in [5.41, 5.74) is 3.01. The van der Waals surface area contributed by atoms with E-state index in [1.807, 2.05) is 54.6 Å². The lowest BCUT2D eigenvalue weighted by atomic mass is 10.1. The molecule has 0 fully saturated rings. The second-order valence-electron chi connectivity index (χ2n) is 6.09. The van der Waals surface area contributed by atoms with E-state index >= 15 is 0 Å². The molecule has 3 aromatic rings. The fourth-order valence-corrected chi connectivity index (χ4v) is 3.85. The van der Waals surface area contributed by atoms with Crippen LogP contribution in [0.3, 0.4) is 0 Å². The monoisotopic (exact) mass is 363 g/mol. The highest BCUT2D eigenvalue weighted by molar-refractivity contribution is 7.84. The van der Waals surface area contributed by atoms with Gasteiger partial charge in [-0.15, -0.1) is 0 Å². The summed E-state index contributed by atoms with van der Waals surface area (Å²) in [4.78, 5) is 17.9. The number of hydrogen-bond acceptors (Lipinski definition) is 4. The summed E-state index contributed by atoms with van der Waals surface area (Å²) in [6.07, 6.45) is 3.88. The molecule has 1 aliphatic rings. The van der Waals surface area contributed by atoms with Gasteiger partial charge in [-0.1, -0.05) is 36.4 Å². The predicted molar refractivity (Wildman–Crippen MR) is 103 cm³/mol. The lowest BCUT2D eigenvalue weighted by Gasteiger charge is -2.11. The zero-order valence-electron chi connectivity index (χ0n) is 14.3. The van der Waals surface area contributed by atoms with Crippen molar-refractivity contribution in [1.82, 2.24) is 9.99 Å². The van der Waals surface area contributed by atoms with E-state index in [0.29, 0.717) is 18.5 Å². The number of carbonyl (C=O) groups is 1. The van der Waals surface area contributed by atoms with Crippen LogP contribution < -0.4 is 0 Å². The number of fused-ring (bicyclic) bond motifs is 1. The molecule has 0 spiro atoms. The first-order chi connectivity index (χ1) is 12.6. The van der Waals surface area contributed by atoms with E-state index in [2.05, 4.69) is 10.1 Å². The zero-order chi connectivity index (χ0) is 18.1. The fourth-order valence-electron chi connectivity index (χ4n) is 3.09. The Labute approximate surface area is 153 Å². The Kier molecular flexibility index (Phi) is 4.34. The van der Waals surface area contributed by atoms with Gasteiger partial charge in [0.05, 0.1) is 34.1 Å². The number of benzene rings is 2. The third-order valence-electron chi connectivity index (χ3n) is 4.38. The third kappa shape index (κ3) is 3.04. The molecule has 1 atom stereocenters. The second-order valence-corrected chi connectivity index (χ2v) is 7.44. The molecule has 2 aromatic carbocycles. The molecule has 2 heterocycles. The van der Waals surface area contributed by atoms with Crippen LogP contribution in [0, 0.1) is 0 Å². The molecule has 1 aliphatic heterocycles. The van der Waals surface area contributed by atoms with Gasteiger partial charge in [0.2, 0.25) is 0 Å². The number of aromatic nitrogens is 1. The molecule has 5 nitrogen and oxygen atoms in total. The van der Waals surface area contributed by atoms with Gasteiger partial charge in [0.25, 0.3) is 5.91 Å². The van der Waals surface area contributed by atoms with Crippen molar-refractivity contribution in [1.29, 1.82) is 0 Å². The van der Waals surface area contributed by atoms with Gasteiger partial charge in [0, 0.05) is 34.7 Å². The first kappa shape index (κ1) is 16.6. The van der Waals surface area contributed by atoms with E-state index in [1.54, 1.807) is 12.5 Å². The molecule has 26 heavy (non-hydrogen) atoms. The molecular weight excluding hydrogens is 346 g/mol. The van der Waals surface area contributed by atoms with E-state index in [-0.39, 0.29) is 5.91 Å². The van der Waals surface area contributed by atoms with Crippen LogP contribution in [-0.4, -0.2) is 38.6 Å². The Morgan fingerprint density at radius 3 is 2.73 bits per heavy atom. The average molecular weight is 363 g/mol. The third-order valence-corrected chi connectivity index (χ3v) is 5.36. The van der Waals surface area contributed by atoms with Gasteiger partial charge in [-0.05, 0) is 18.2 Å². The van der Waals surface area contributed by atoms with Crippen molar-refractivity contribution in [2.75, 3.05) is 12.8 Å². The van der Waals surface area contributed by atoms with Crippen LogP contribution >= 0.6 is 0 Å². The van der Waals surface area contributed by atoms with Crippen LogP contribution in [0.15, 0.2) is 70.8 Å². The van der Waals surface area contributed by atoms with Gasteiger partial charge in [-0.3, -0.25) is 14.0 Å². The maximum absolute atomic E-state index is 12.8. The van der Waals surface area contributed by atoms with Crippen LogP contribution in [0.1, 0.15) is 22.3 Å². The van der Waals surface area contributed by atoms with E-state index < -0.39 is 10.8 Å². The van der Waals surface area contributed by atoms with Gasteiger partial charge in [0.1, 0.15) is 0 Å². The quantitative estimate of drug-likeness (QED) is 0.718. The molecule has 0 saturated carbocycles. The van der Waals surface area contributed by atoms with Gasteiger partial charge in [-0.2, -0.15) is 5.10 Å². The Morgan fingerprint density at radius 1 is 1.12 bits per heavy atom. The summed E-state index contributed by atoms with van der Waals surface area (Å²) in [6.45, 7) is 0.506. The predicted octanol–water partition coefficient (Wildman–Crippen LogP) is 3.22. The van der Waals surface area contributed by atoms with Crippen LogP contribution in [0.25, 0.3) is 10.9 Å². The number of amides is 1. The average Bonchev–Trinajstić information content (AvgIpc) is 3.17. The second kappa shape index (κ2) is 6.80. The van der Waals surface area contributed by atoms with Crippen LogP contribution in [0.2, 0.25) is 0 Å². The Hall–Kier alpha value is -2.86. The normalized spacial score (nSPS) is 15.1. The molecule has 0 saturated heterocycles. The van der Waals surface area contributed by atoms with Crippen molar-refractivity contribution >= 4 is 33.3 Å². The number of nitrogens with zero attached hydrogens (tertiary/aromatic N) is 3. The molecule has 0 aliphatic carbocycles. The summed E-state index contributed by atoms with van der Waals surface area (Å²) >= 11 is 0. The van der Waals surface area contributed by atoms with Crippen molar-refractivity contribution in [3.8, 4) is 0 Å². The lowest BCUT2D eigenvalue weighted by molar-refractivity contribution is 0.0778. The minimum absolute atomic E-state index is 0.173. The summed E-state index contributed by atoms with van der Waals surface area (Å²) < 4.78 is 12.0. The van der Waals surface area contributed by atoms with E-state index in [4.69, 9.17) is 0 Å². The van der Waals surface area contributed by atoms with Crippen molar-refractivity contribution in [2.24, 2.45) is 5.10 Å². The Balaban J connectivity index is 1.65. The summed E-state index contributed by atoms with van der Waals surface area (Å²) in [5, 5.41) is 6.89. The molecule has 0 radical (unpaired) electrons. The fraction of sp³-hybridized carbons (Fsp3) is 0.150. The summed E-state index contributed by atoms with van der Waals surface area (Å²) in [6, 6.07) is 17.0. The molecule has 0 bridgehead atoms. The van der Waals surface area contributed by atoms with Crippen LogP contribution in [0.5, 0.6) is 0 Å². The summed E-state index contributed by atoms with van der Waals surface area (Å²) in [7, 11) is -1.10. The number of carbonyl (C=O) groups excluding carboxylic acids is 1. The van der Waals surface area contributed by atoms with Gasteiger partial charge in [-0.25, -0.2) is 5.01 Å². The minimum Gasteiger partial charge on any atom is -0.267 e. The Bertz CT molecular complexity index is 1060. The molecule has 1 unspecified atom stereocenters. The lowest BCUT2D eigenvalue weighted by Crippen LogP contribution is -2.23. The van der Waals surface area contributed by atoms with Gasteiger partial charge >= 0.3 is 0 Å². The van der Waals surface area contributed by atoms with Crippen LogP contribution in [-0.2, 0) is 10.8 Å². The SMILES string of the molecule is CS(=O)c1ccccc1C1=NN(C(=O)c2cnc3ccccc3c2)CC1. The topological polar surface area (TPSA) is 62.6 Å². The Morgan fingerprint density at radius 2 is 1.88 bits per heavy atom. The highest BCUT2D eigenvalue weighted by Gasteiger charge is 2.24. The van der Waals surface area contributed by atoms with Crippen molar-refractivity contribution in [3.63, 3.8) is 0 Å². The highest BCUT2D eigenvalue weighted by atomic mass is 32.2. The standard InChI is InChI=1S/C20H17N3O2S/c1-26(25)19-9-5-3-7-16(19)18-10-11-23(22-18)20(24)15-12-14-6-2-4-8-17(14)21-13-15/h2-9,12-13H,10-11H2,1H3. The smallest absolute Gasteiger partial charge is 0.267 e. The number of hydrogen-bond donors (Lipinski definition) is 0. The zero-order valence-corrected chi connectivity index (χ0v) is 15.1. The summed E-state index contributed by atoms with van der Waals surface area (Å²) in [5.74, 6) is -0.173. The number of hydrazone groups is 1. The van der Waals surface area contributed by atoms with Crippen molar-refractivity contribution < 1.29 is 9.00 Å². The van der Waals surface area contributed by atoms with E-state index in [0.717, 1.165) is 27.1 Å². The largest absolute Gasteiger partial charge is 0.275 e. The van der Waals surface area contributed by atoms with Crippen molar-refractivity contribution in [3.05, 3.63) is 71.9 Å². The maximum atomic E-state index is 12.8. The molecular formula is C20H17N3O2S. The first-order valence-electron chi connectivity index (χ1n) is 8.30. The van der Waals surface area contributed by atoms with Crippen molar-refractivity contribution in [2.45, 2.75) is 11.3 Å². The first-order valence-corrected chi connectivity index (χ1v) is 9.86. The molecule has 6 heteroatoms. The molecule has 1 amide bonds. The molecule has 1 aromatic heterocycles. The number of pyridine rings is 1. The highest BCUT2D eigenvalue weighted by Crippen LogP contribution is 2.22. The van der Waals surface area contributed by atoms with Crippen LogP contribution in [0.4, 0.5) is 0 Å². The van der Waals surface area contributed by atoms with E-state index in [9.17, 15) is 9.00 Å². The maximum Gasteiger partial charge on any atom is 0.275 e. The minimum atomic E-state index is -1.10. The molecule has 130 valence electrons. The molecule has 4 rings (SSSR count). The number of para-hydroxylation sites is 1. The number of rotatable bonds is 3. The van der Waals surface area contributed by atoms with E-state index in [1.165, 1.54) is 5.01 Å². The van der Waals surface area contributed by atoms with Gasteiger partial charge < -0.3 is 0 Å². The van der Waals surface area contributed by atoms with Gasteiger partial charge in [0.15, 0.2) is 0 Å².